The number of aromatic nitrogens is 2. The quantitative estimate of drug-likeness (QED) is 0.790. The van der Waals surface area contributed by atoms with E-state index in [1.54, 1.807) is 0 Å². The maximum Gasteiger partial charge on any atom is 0.0952 e. The number of imidazole rings is 1. The molecule has 0 radical (unpaired) electrons. The summed E-state index contributed by atoms with van der Waals surface area (Å²) in [6, 6.07) is 15.4. The van der Waals surface area contributed by atoms with Crippen LogP contribution in [0.2, 0.25) is 0 Å². The monoisotopic (exact) mass is 279 g/mol. The molecular formula is C18H21N3. The Kier molecular flexibility index (Phi) is 3.76. The summed E-state index contributed by atoms with van der Waals surface area (Å²) in [6.07, 6.45) is 1.93. The van der Waals surface area contributed by atoms with Crippen molar-refractivity contribution in [2.45, 2.75) is 26.4 Å². The fourth-order valence-corrected chi connectivity index (χ4v) is 2.71. The Balaban J connectivity index is 1.92. The highest BCUT2D eigenvalue weighted by molar-refractivity contribution is 5.83. The van der Waals surface area contributed by atoms with Crippen LogP contribution in [0.3, 0.4) is 0 Å². The van der Waals surface area contributed by atoms with Gasteiger partial charge in [-0.15, -0.1) is 0 Å². The molecule has 1 N–H and O–H groups in total. The molecule has 1 aromatic heterocycles. The molecule has 3 nitrogen and oxygen atoms in total. The zero-order valence-corrected chi connectivity index (χ0v) is 12.8. The first kappa shape index (κ1) is 13.8. The van der Waals surface area contributed by atoms with Crippen molar-refractivity contribution in [3.8, 4) is 0 Å². The molecule has 0 fully saturated rings. The number of nitrogens with one attached hydrogen (secondary N) is 1. The minimum Gasteiger partial charge on any atom is -0.333 e. The van der Waals surface area contributed by atoms with E-state index in [2.05, 4.69) is 71.2 Å². The molecule has 0 aliphatic rings. The smallest absolute Gasteiger partial charge is 0.0952 e. The average molecular weight is 279 g/mol. The highest BCUT2D eigenvalue weighted by Crippen LogP contribution is 2.22. The van der Waals surface area contributed by atoms with E-state index in [4.69, 9.17) is 0 Å². The van der Waals surface area contributed by atoms with E-state index in [-0.39, 0.29) is 6.04 Å². The fraction of sp³-hybridized carbons (Fsp3) is 0.278. The molecule has 1 atom stereocenters. The lowest BCUT2D eigenvalue weighted by Gasteiger charge is -2.19. The molecule has 0 aliphatic carbocycles. The van der Waals surface area contributed by atoms with Crippen LogP contribution in [-0.2, 0) is 6.54 Å². The molecule has 0 saturated carbocycles. The van der Waals surface area contributed by atoms with Crippen molar-refractivity contribution in [1.29, 1.82) is 0 Å². The Morgan fingerprint density at radius 1 is 1.10 bits per heavy atom. The molecule has 0 spiro atoms. The first-order chi connectivity index (χ1) is 10.2. The standard InChI is InChI=1S/C18H21N3/c1-13-14(2)21(12-20-13)11-18(19-3)17-9-8-15-6-4-5-7-16(15)10-17/h4-10,12,18-19H,11H2,1-3H3. The van der Waals surface area contributed by atoms with Crippen molar-refractivity contribution < 1.29 is 0 Å². The molecule has 21 heavy (non-hydrogen) atoms. The molecule has 1 heterocycles. The predicted molar refractivity (Wildman–Crippen MR) is 87.4 cm³/mol. The van der Waals surface area contributed by atoms with Gasteiger partial charge in [-0.2, -0.15) is 0 Å². The number of rotatable bonds is 4. The summed E-state index contributed by atoms with van der Waals surface area (Å²) in [5, 5.41) is 5.99. The Hall–Kier alpha value is -2.13. The second-order valence-electron chi connectivity index (χ2n) is 5.52. The van der Waals surface area contributed by atoms with Gasteiger partial charge in [0.2, 0.25) is 0 Å². The second-order valence-corrected chi connectivity index (χ2v) is 5.52. The third-order valence-corrected chi connectivity index (χ3v) is 4.25. The highest BCUT2D eigenvalue weighted by Gasteiger charge is 2.12. The van der Waals surface area contributed by atoms with Crippen LogP contribution in [0.15, 0.2) is 48.8 Å². The van der Waals surface area contributed by atoms with Crippen LogP contribution in [0.5, 0.6) is 0 Å². The maximum atomic E-state index is 4.38. The van der Waals surface area contributed by atoms with Crippen LogP contribution in [0.1, 0.15) is 23.0 Å². The normalized spacial score (nSPS) is 12.7. The molecular weight excluding hydrogens is 258 g/mol. The lowest BCUT2D eigenvalue weighted by Crippen LogP contribution is -2.22. The summed E-state index contributed by atoms with van der Waals surface area (Å²) in [5.74, 6) is 0. The van der Waals surface area contributed by atoms with Gasteiger partial charge in [-0.25, -0.2) is 4.98 Å². The summed E-state index contributed by atoms with van der Waals surface area (Å²) in [6.45, 7) is 5.06. The van der Waals surface area contributed by atoms with Crippen LogP contribution in [0.4, 0.5) is 0 Å². The van der Waals surface area contributed by atoms with Gasteiger partial charge in [-0.05, 0) is 43.3 Å². The van der Waals surface area contributed by atoms with Gasteiger partial charge in [0.1, 0.15) is 0 Å². The van der Waals surface area contributed by atoms with Crippen molar-refractivity contribution in [3.63, 3.8) is 0 Å². The Bertz CT molecular complexity index is 758. The zero-order chi connectivity index (χ0) is 14.8. The van der Waals surface area contributed by atoms with Crippen LogP contribution in [-0.4, -0.2) is 16.6 Å². The van der Waals surface area contributed by atoms with Crippen LogP contribution < -0.4 is 5.32 Å². The van der Waals surface area contributed by atoms with E-state index >= 15 is 0 Å². The molecule has 3 heteroatoms. The Labute approximate surface area is 125 Å². The van der Waals surface area contributed by atoms with Crippen molar-refractivity contribution in [2.24, 2.45) is 0 Å². The summed E-state index contributed by atoms with van der Waals surface area (Å²) < 4.78 is 2.21. The van der Waals surface area contributed by atoms with Gasteiger partial charge in [-0.3, -0.25) is 0 Å². The third-order valence-electron chi connectivity index (χ3n) is 4.25. The highest BCUT2D eigenvalue weighted by atomic mass is 15.1. The van der Waals surface area contributed by atoms with Crippen molar-refractivity contribution in [3.05, 3.63) is 65.7 Å². The van der Waals surface area contributed by atoms with Crippen LogP contribution in [0.25, 0.3) is 10.8 Å². The number of fused-ring (bicyclic) bond motifs is 1. The average Bonchev–Trinajstić information content (AvgIpc) is 2.84. The van der Waals surface area contributed by atoms with Crippen molar-refractivity contribution in [2.75, 3.05) is 7.05 Å². The van der Waals surface area contributed by atoms with E-state index < -0.39 is 0 Å². The number of aryl methyl sites for hydroxylation is 1. The van der Waals surface area contributed by atoms with E-state index in [9.17, 15) is 0 Å². The van der Waals surface area contributed by atoms with Gasteiger partial charge in [0.15, 0.2) is 0 Å². The summed E-state index contributed by atoms with van der Waals surface area (Å²) >= 11 is 0. The van der Waals surface area contributed by atoms with Gasteiger partial charge in [-0.1, -0.05) is 36.4 Å². The number of hydrogen-bond donors (Lipinski definition) is 1. The number of benzene rings is 2. The largest absolute Gasteiger partial charge is 0.333 e. The lowest BCUT2D eigenvalue weighted by molar-refractivity contribution is 0.494. The molecule has 1 unspecified atom stereocenters. The molecule has 3 rings (SSSR count). The van der Waals surface area contributed by atoms with Gasteiger partial charge in [0, 0.05) is 12.2 Å². The van der Waals surface area contributed by atoms with E-state index in [0.29, 0.717) is 0 Å². The molecule has 0 bridgehead atoms. The minimum absolute atomic E-state index is 0.280. The Morgan fingerprint density at radius 2 is 1.86 bits per heavy atom. The van der Waals surface area contributed by atoms with Crippen molar-refractivity contribution in [1.82, 2.24) is 14.9 Å². The molecule has 0 amide bonds. The zero-order valence-electron chi connectivity index (χ0n) is 12.8. The summed E-state index contributed by atoms with van der Waals surface area (Å²) in [7, 11) is 2.01. The van der Waals surface area contributed by atoms with E-state index in [1.807, 2.05) is 13.4 Å². The van der Waals surface area contributed by atoms with E-state index in [1.165, 1.54) is 22.0 Å². The number of likely N-dealkylation sites (N-methyl/N-ethyl adjacent to an activating group) is 1. The SMILES string of the molecule is CNC(Cn1cnc(C)c1C)c1ccc2ccccc2c1. The van der Waals surface area contributed by atoms with Gasteiger partial charge in [0.05, 0.1) is 18.1 Å². The lowest BCUT2D eigenvalue weighted by atomic mass is 10.0. The summed E-state index contributed by atoms with van der Waals surface area (Å²) in [4.78, 5) is 4.38. The van der Waals surface area contributed by atoms with Gasteiger partial charge < -0.3 is 9.88 Å². The van der Waals surface area contributed by atoms with Gasteiger partial charge >= 0.3 is 0 Å². The third kappa shape index (κ3) is 2.69. The second kappa shape index (κ2) is 5.70. The molecule has 0 saturated heterocycles. The fourth-order valence-electron chi connectivity index (χ4n) is 2.71. The Morgan fingerprint density at radius 3 is 2.52 bits per heavy atom. The predicted octanol–water partition coefficient (Wildman–Crippen LogP) is 3.61. The topological polar surface area (TPSA) is 29.9 Å². The molecule has 3 aromatic rings. The van der Waals surface area contributed by atoms with Crippen LogP contribution in [0, 0.1) is 13.8 Å². The van der Waals surface area contributed by atoms with E-state index in [0.717, 1.165) is 12.2 Å². The number of nitrogens with zero attached hydrogens (tertiary/aromatic N) is 2. The van der Waals surface area contributed by atoms with Crippen molar-refractivity contribution >= 4 is 10.8 Å². The molecule has 2 aromatic carbocycles. The first-order valence-corrected chi connectivity index (χ1v) is 7.33. The maximum absolute atomic E-state index is 4.38. The minimum atomic E-state index is 0.280. The summed E-state index contributed by atoms with van der Waals surface area (Å²) in [5.41, 5.74) is 3.64. The first-order valence-electron chi connectivity index (χ1n) is 7.33. The molecule has 108 valence electrons. The molecule has 0 aliphatic heterocycles. The van der Waals surface area contributed by atoms with Gasteiger partial charge in [0.25, 0.3) is 0 Å². The van der Waals surface area contributed by atoms with Crippen LogP contribution >= 0.6 is 0 Å². The number of hydrogen-bond acceptors (Lipinski definition) is 2.